The second-order valence-electron chi connectivity index (χ2n) is 5.29. The van der Waals surface area contributed by atoms with Crippen molar-refractivity contribution >= 4 is 17.5 Å². The molecule has 0 aliphatic heterocycles. The van der Waals surface area contributed by atoms with Gasteiger partial charge in [-0.05, 0) is 62.3 Å². The van der Waals surface area contributed by atoms with Gasteiger partial charge in [-0.1, -0.05) is 0 Å². The average Bonchev–Trinajstić information content (AvgIpc) is 2.41. The summed E-state index contributed by atoms with van der Waals surface area (Å²) in [6, 6.07) is 4.44. The second-order valence-corrected chi connectivity index (χ2v) is 5.91. The van der Waals surface area contributed by atoms with Crippen molar-refractivity contribution in [2.24, 2.45) is 5.92 Å². The van der Waals surface area contributed by atoms with Crippen LogP contribution in [-0.4, -0.2) is 17.8 Å². The fraction of sp³-hybridized carbons (Fsp3) is 0.533. The molecule has 0 spiro atoms. The van der Waals surface area contributed by atoms with E-state index in [-0.39, 0.29) is 11.7 Å². The van der Waals surface area contributed by atoms with E-state index >= 15 is 0 Å². The van der Waals surface area contributed by atoms with Crippen LogP contribution in [0, 0.1) is 18.7 Å². The minimum Gasteiger partial charge on any atom is -0.352 e. The van der Waals surface area contributed by atoms with Crippen LogP contribution in [0.2, 0.25) is 0 Å². The molecule has 0 bridgehead atoms. The van der Waals surface area contributed by atoms with E-state index in [0.29, 0.717) is 29.0 Å². The van der Waals surface area contributed by atoms with Crippen LogP contribution >= 0.6 is 11.6 Å². The van der Waals surface area contributed by atoms with Crippen molar-refractivity contribution in [3.63, 3.8) is 0 Å². The number of benzene rings is 1. The van der Waals surface area contributed by atoms with Gasteiger partial charge >= 0.3 is 0 Å². The Morgan fingerprint density at radius 1 is 1.37 bits per heavy atom. The number of carbonyl (C=O) groups excluding carboxylic acids is 1. The van der Waals surface area contributed by atoms with E-state index in [0.717, 1.165) is 25.7 Å². The van der Waals surface area contributed by atoms with Crippen LogP contribution in [0.5, 0.6) is 0 Å². The number of nitrogens with one attached hydrogen (secondary N) is 1. The van der Waals surface area contributed by atoms with E-state index in [4.69, 9.17) is 11.6 Å². The first-order chi connectivity index (χ1) is 9.06. The fourth-order valence-corrected chi connectivity index (χ4v) is 2.70. The number of amides is 1. The highest BCUT2D eigenvalue weighted by Gasteiger charge is 2.20. The van der Waals surface area contributed by atoms with Gasteiger partial charge in [-0.15, -0.1) is 11.6 Å². The molecular weight excluding hydrogens is 265 g/mol. The van der Waals surface area contributed by atoms with Gasteiger partial charge in [-0.2, -0.15) is 0 Å². The van der Waals surface area contributed by atoms with E-state index in [2.05, 4.69) is 5.32 Å². The monoisotopic (exact) mass is 283 g/mol. The molecule has 1 aliphatic carbocycles. The molecule has 0 heterocycles. The summed E-state index contributed by atoms with van der Waals surface area (Å²) in [6.45, 7) is 2.34. The maximum atomic E-state index is 13.1. The summed E-state index contributed by atoms with van der Waals surface area (Å²) in [4.78, 5) is 12.0. The normalized spacial score (nSPS) is 23.1. The number of rotatable bonds is 3. The van der Waals surface area contributed by atoms with Crippen molar-refractivity contribution < 1.29 is 9.18 Å². The largest absolute Gasteiger partial charge is 0.352 e. The molecule has 1 amide bonds. The van der Waals surface area contributed by atoms with Gasteiger partial charge in [0.1, 0.15) is 5.82 Å². The molecule has 0 saturated heterocycles. The van der Waals surface area contributed by atoms with E-state index in [1.165, 1.54) is 12.1 Å². The standard InChI is InChI=1S/C15H19ClFNO/c1-10-8-12(4-7-14(10)17)15(19)18-9-11-2-5-13(16)6-3-11/h4,7-8,11,13H,2-3,5-6,9H2,1H3,(H,18,19). The van der Waals surface area contributed by atoms with Gasteiger partial charge in [0.25, 0.3) is 5.91 Å². The first-order valence-electron chi connectivity index (χ1n) is 6.74. The van der Waals surface area contributed by atoms with Crippen molar-refractivity contribution in [2.75, 3.05) is 6.54 Å². The van der Waals surface area contributed by atoms with E-state index in [1.807, 2.05) is 0 Å². The third kappa shape index (κ3) is 3.93. The number of halogens is 2. The van der Waals surface area contributed by atoms with Crippen LogP contribution in [0.3, 0.4) is 0 Å². The number of hydrogen-bond donors (Lipinski definition) is 1. The number of carbonyl (C=O) groups is 1. The molecule has 1 fully saturated rings. The van der Waals surface area contributed by atoms with Gasteiger partial charge in [-0.3, -0.25) is 4.79 Å². The quantitative estimate of drug-likeness (QED) is 0.843. The lowest BCUT2D eigenvalue weighted by Crippen LogP contribution is -2.31. The summed E-state index contributed by atoms with van der Waals surface area (Å²) < 4.78 is 13.1. The third-order valence-electron chi connectivity index (χ3n) is 3.75. The first-order valence-corrected chi connectivity index (χ1v) is 7.18. The minimum absolute atomic E-state index is 0.129. The lowest BCUT2D eigenvalue weighted by Gasteiger charge is -2.25. The summed E-state index contributed by atoms with van der Waals surface area (Å²) in [5.74, 6) is 0.105. The van der Waals surface area contributed by atoms with Gasteiger partial charge in [-0.25, -0.2) is 4.39 Å². The molecule has 1 N–H and O–H groups in total. The lowest BCUT2D eigenvalue weighted by molar-refractivity contribution is 0.0943. The molecule has 104 valence electrons. The Kier molecular flexibility index (Phi) is 4.81. The number of alkyl halides is 1. The van der Waals surface area contributed by atoms with Gasteiger partial charge in [0.2, 0.25) is 0 Å². The summed E-state index contributed by atoms with van der Waals surface area (Å²) in [5.41, 5.74) is 1.01. The van der Waals surface area contributed by atoms with Crippen LogP contribution in [-0.2, 0) is 0 Å². The minimum atomic E-state index is -0.281. The summed E-state index contributed by atoms with van der Waals surface area (Å²) in [7, 11) is 0. The Balaban J connectivity index is 1.85. The zero-order chi connectivity index (χ0) is 13.8. The third-order valence-corrected chi connectivity index (χ3v) is 4.18. The lowest BCUT2D eigenvalue weighted by atomic mass is 9.89. The molecule has 0 unspecified atom stereocenters. The topological polar surface area (TPSA) is 29.1 Å². The van der Waals surface area contributed by atoms with Crippen LogP contribution in [0.1, 0.15) is 41.6 Å². The van der Waals surface area contributed by atoms with Crippen molar-refractivity contribution in [1.82, 2.24) is 5.32 Å². The predicted molar refractivity (Wildman–Crippen MR) is 75.1 cm³/mol. The van der Waals surface area contributed by atoms with Crippen LogP contribution in [0.15, 0.2) is 18.2 Å². The van der Waals surface area contributed by atoms with Gasteiger partial charge in [0.05, 0.1) is 0 Å². The molecule has 2 rings (SSSR count). The highest BCUT2D eigenvalue weighted by molar-refractivity contribution is 6.20. The molecule has 19 heavy (non-hydrogen) atoms. The molecule has 1 aromatic carbocycles. The van der Waals surface area contributed by atoms with Crippen molar-refractivity contribution in [3.8, 4) is 0 Å². The SMILES string of the molecule is Cc1cc(C(=O)NCC2CCC(Cl)CC2)ccc1F. The maximum Gasteiger partial charge on any atom is 0.251 e. The van der Waals surface area contributed by atoms with Gasteiger partial charge in [0.15, 0.2) is 0 Å². The first kappa shape index (κ1) is 14.3. The zero-order valence-corrected chi connectivity index (χ0v) is 11.8. The average molecular weight is 284 g/mol. The summed E-state index contributed by atoms with van der Waals surface area (Å²) >= 11 is 6.05. The highest BCUT2D eigenvalue weighted by Crippen LogP contribution is 2.27. The smallest absolute Gasteiger partial charge is 0.251 e. The van der Waals surface area contributed by atoms with Gasteiger partial charge in [0, 0.05) is 17.5 Å². The molecule has 0 radical (unpaired) electrons. The highest BCUT2D eigenvalue weighted by atomic mass is 35.5. The van der Waals surface area contributed by atoms with Gasteiger partial charge < -0.3 is 5.32 Å². The van der Waals surface area contributed by atoms with E-state index < -0.39 is 0 Å². The fourth-order valence-electron chi connectivity index (χ4n) is 2.45. The molecule has 0 atom stereocenters. The van der Waals surface area contributed by atoms with Crippen LogP contribution in [0.4, 0.5) is 4.39 Å². The molecular formula is C15H19ClFNO. The Labute approximate surface area is 118 Å². The van der Waals surface area contributed by atoms with Crippen LogP contribution < -0.4 is 5.32 Å². The molecule has 1 aliphatic rings. The molecule has 4 heteroatoms. The molecule has 0 aromatic heterocycles. The molecule has 2 nitrogen and oxygen atoms in total. The Bertz CT molecular complexity index is 455. The number of aryl methyl sites for hydroxylation is 1. The summed E-state index contributed by atoms with van der Waals surface area (Å²) in [5, 5.41) is 3.22. The van der Waals surface area contributed by atoms with E-state index in [9.17, 15) is 9.18 Å². The van der Waals surface area contributed by atoms with Crippen molar-refractivity contribution in [2.45, 2.75) is 38.0 Å². The Hall–Kier alpha value is -1.09. The predicted octanol–water partition coefficient (Wildman–Crippen LogP) is 3.66. The number of hydrogen-bond acceptors (Lipinski definition) is 1. The van der Waals surface area contributed by atoms with Crippen molar-refractivity contribution in [3.05, 3.63) is 35.1 Å². The zero-order valence-electron chi connectivity index (χ0n) is 11.1. The van der Waals surface area contributed by atoms with E-state index in [1.54, 1.807) is 13.0 Å². The Morgan fingerprint density at radius 3 is 2.68 bits per heavy atom. The van der Waals surface area contributed by atoms with Crippen molar-refractivity contribution in [1.29, 1.82) is 0 Å². The van der Waals surface area contributed by atoms with Crippen LogP contribution in [0.25, 0.3) is 0 Å². The summed E-state index contributed by atoms with van der Waals surface area (Å²) in [6.07, 6.45) is 4.18. The second kappa shape index (κ2) is 6.38. The molecule has 1 saturated carbocycles. The Morgan fingerprint density at radius 2 is 2.05 bits per heavy atom. The maximum absolute atomic E-state index is 13.1. The molecule has 1 aromatic rings.